The number of para-hydroxylation sites is 1. The molecule has 3 nitrogen and oxygen atoms in total. The van der Waals surface area contributed by atoms with Crippen LogP contribution in [0.25, 0.3) is 0 Å². The molecule has 0 aliphatic rings. The maximum absolute atomic E-state index is 12.1. The maximum atomic E-state index is 12.1. The molecule has 0 bridgehead atoms. The minimum absolute atomic E-state index is 0.282. The zero-order chi connectivity index (χ0) is 13.8. The van der Waals surface area contributed by atoms with Crippen LogP contribution < -0.4 is 10.2 Å². The zero-order valence-electron chi connectivity index (χ0n) is 10.2. The van der Waals surface area contributed by atoms with E-state index in [1.165, 1.54) is 4.90 Å². The fourth-order valence-electron chi connectivity index (χ4n) is 1.56. The molecule has 2 amide bonds. The highest BCUT2D eigenvalue weighted by molar-refractivity contribution is 6.35. The van der Waals surface area contributed by atoms with Gasteiger partial charge in [-0.2, -0.15) is 0 Å². The molecule has 0 unspecified atom stereocenters. The van der Waals surface area contributed by atoms with Gasteiger partial charge in [0, 0.05) is 17.8 Å². The fraction of sp³-hybridized carbons (Fsp3) is 0.0714. The number of hydrogen-bond donors (Lipinski definition) is 1. The average molecular weight is 295 g/mol. The molecule has 1 N–H and O–H groups in total. The van der Waals surface area contributed by atoms with Crippen LogP contribution in [0.1, 0.15) is 0 Å². The SMILES string of the molecule is CN(C(=O)Nc1cc(Cl)ccc1Cl)c1ccccc1. The Hall–Kier alpha value is -1.71. The summed E-state index contributed by atoms with van der Waals surface area (Å²) in [5, 5.41) is 3.68. The number of nitrogens with one attached hydrogen (secondary N) is 1. The number of anilines is 2. The third-order valence-corrected chi connectivity index (χ3v) is 3.18. The Labute approximate surface area is 121 Å². The number of carbonyl (C=O) groups is 1. The Bertz CT molecular complexity index is 587. The maximum Gasteiger partial charge on any atom is 0.326 e. The number of benzene rings is 2. The summed E-state index contributed by atoms with van der Waals surface area (Å²) in [6.45, 7) is 0. The normalized spacial score (nSPS) is 10.1. The number of urea groups is 1. The molecule has 0 atom stereocenters. The van der Waals surface area contributed by atoms with E-state index < -0.39 is 0 Å². The van der Waals surface area contributed by atoms with Crippen molar-refractivity contribution in [2.45, 2.75) is 0 Å². The van der Waals surface area contributed by atoms with Crippen molar-refractivity contribution in [3.05, 3.63) is 58.6 Å². The molecule has 2 aromatic rings. The summed E-state index contributed by atoms with van der Waals surface area (Å²) < 4.78 is 0. The van der Waals surface area contributed by atoms with Crippen LogP contribution in [0.5, 0.6) is 0 Å². The molecular formula is C14H12Cl2N2O. The molecule has 0 heterocycles. The monoisotopic (exact) mass is 294 g/mol. The summed E-state index contributed by atoms with van der Waals surface area (Å²) in [4.78, 5) is 13.6. The third-order valence-electron chi connectivity index (χ3n) is 2.62. The molecule has 19 heavy (non-hydrogen) atoms. The number of carbonyl (C=O) groups excluding carboxylic acids is 1. The van der Waals surface area contributed by atoms with Gasteiger partial charge in [-0.05, 0) is 30.3 Å². The highest BCUT2D eigenvalue weighted by atomic mass is 35.5. The number of amides is 2. The Morgan fingerprint density at radius 1 is 1.11 bits per heavy atom. The Morgan fingerprint density at radius 3 is 2.47 bits per heavy atom. The molecule has 0 saturated carbocycles. The minimum atomic E-state index is -0.282. The van der Waals surface area contributed by atoms with Gasteiger partial charge in [-0.15, -0.1) is 0 Å². The van der Waals surface area contributed by atoms with E-state index in [0.29, 0.717) is 15.7 Å². The van der Waals surface area contributed by atoms with Crippen LogP contribution in [0, 0.1) is 0 Å². The molecule has 0 radical (unpaired) electrons. The fourth-order valence-corrected chi connectivity index (χ4v) is 1.90. The van der Waals surface area contributed by atoms with E-state index in [1.54, 1.807) is 25.2 Å². The van der Waals surface area contributed by atoms with E-state index >= 15 is 0 Å². The second-order valence-electron chi connectivity index (χ2n) is 3.95. The topological polar surface area (TPSA) is 32.3 Å². The van der Waals surface area contributed by atoms with E-state index in [4.69, 9.17) is 23.2 Å². The molecule has 0 fully saturated rings. The Kier molecular flexibility index (Phi) is 4.30. The molecular weight excluding hydrogens is 283 g/mol. The van der Waals surface area contributed by atoms with Gasteiger partial charge in [0.05, 0.1) is 10.7 Å². The van der Waals surface area contributed by atoms with E-state index in [1.807, 2.05) is 30.3 Å². The highest BCUT2D eigenvalue weighted by Gasteiger charge is 2.12. The average Bonchev–Trinajstić information content (AvgIpc) is 2.43. The van der Waals surface area contributed by atoms with Gasteiger partial charge in [0.25, 0.3) is 0 Å². The van der Waals surface area contributed by atoms with Gasteiger partial charge >= 0.3 is 6.03 Å². The Morgan fingerprint density at radius 2 is 1.79 bits per heavy atom. The smallest absolute Gasteiger partial charge is 0.306 e. The van der Waals surface area contributed by atoms with Crippen molar-refractivity contribution in [1.82, 2.24) is 0 Å². The van der Waals surface area contributed by atoms with Crippen LogP contribution in [0.3, 0.4) is 0 Å². The molecule has 0 aliphatic carbocycles. The number of halogens is 2. The van der Waals surface area contributed by atoms with Gasteiger partial charge in [0.2, 0.25) is 0 Å². The first-order valence-electron chi connectivity index (χ1n) is 5.63. The summed E-state index contributed by atoms with van der Waals surface area (Å²) in [6, 6.07) is 14.0. The van der Waals surface area contributed by atoms with Crippen LogP contribution in [0.2, 0.25) is 10.0 Å². The summed E-state index contributed by atoms with van der Waals surface area (Å²) in [5.41, 5.74) is 1.28. The molecule has 0 aromatic heterocycles. The van der Waals surface area contributed by atoms with Crippen LogP contribution in [-0.2, 0) is 0 Å². The van der Waals surface area contributed by atoms with Gasteiger partial charge in [-0.1, -0.05) is 41.4 Å². The van der Waals surface area contributed by atoms with E-state index in [2.05, 4.69) is 5.32 Å². The van der Waals surface area contributed by atoms with Gasteiger partial charge in [0.15, 0.2) is 0 Å². The lowest BCUT2D eigenvalue weighted by Gasteiger charge is -2.18. The molecule has 0 aliphatic heterocycles. The lowest BCUT2D eigenvalue weighted by molar-refractivity contribution is 0.258. The molecule has 5 heteroatoms. The van der Waals surface area contributed by atoms with Crippen molar-refractivity contribution in [2.24, 2.45) is 0 Å². The number of nitrogens with zero attached hydrogens (tertiary/aromatic N) is 1. The third kappa shape index (κ3) is 3.40. The highest BCUT2D eigenvalue weighted by Crippen LogP contribution is 2.26. The van der Waals surface area contributed by atoms with Gasteiger partial charge < -0.3 is 5.32 Å². The standard InChI is InChI=1S/C14H12Cl2N2O/c1-18(11-5-3-2-4-6-11)14(19)17-13-9-10(15)7-8-12(13)16/h2-9H,1H3,(H,17,19). The second kappa shape index (κ2) is 5.95. The lowest BCUT2D eigenvalue weighted by Crippen LogP contribution is -2.31. The van der Waals surface area contributed by atoms with Crippen LogP contribution >= 0.6 is 23.2 Å². The van der Waals surface area contributed by atoms with E-state index in [-0.39, 0.29) is 6.03 Å². The first kappa shape index (κ1) is 13.7. The summed E-state index contributed by atoms with van der Waals surface area (Å²) in [5.74, 6) is 0. The molecule has 98 valence electrons. The largest absolute Gasteiger partial charge is 0.326 e. The van der Waals surface area contributed by atoms with Crippen molar-refractivity contribution >= 4 is 40.6 Å². The first-order chi connectivity index (χ1) is 9.08. The summed E-state index contributed by atoms with van der Waals surface area (Å²) >= 11 is 11.9. The van der Waals surface area contributed by atoms with Crippen LogP contribution in [0.4, 0.5) is 16.2 Å². The Balaban J connectivity index is 2.15. The predicted molar refractivity (Wildman–Crippen MR) is 80.3 cm³/mol. The van der Waals surface area contributed by atoms with E-state index in [0.717, 1.165) is 5.69 Å². The predicted octanol–water partition coefficient (Wildman–Crippen LogP) is 4.66. The lowest BCUT2D eigenvalue weighted by atomic mass is 10.3. The van der Waals surface area contributed by atoms with Crippen LogP contribution in [0.15, 0.2) is 48.5 Å². The van der Waals surface area contributed by atoms with Crippen molar-refractivity contribution in [1.29, 1.82) is 0 Å². The van der Waals surface area contributed by atoms with Gasteiger partial charge in [-0.3, -0.25) is 4.90 Å². The quantitative estimate of drug-likeness (QED) is 0.858. The molecule has 2 rings (SSSR count). The van der Waals surface area contributed by atoms with Crippen molar-refractivity contribution in [2.75, 3.05) is 17.3 Å². The minimum Gasteiger partial charge on any atom is -0.306 e. The zero-order valence-corrected chi connectivity index (χ0v) is 11.7. The van der Waals surface area contributed by atoms with E-state index in [9.17, 15) is 4.79 Å². The number of hydrogen-bond acceptors (Lipinski definition) is 1. The molecule has 0 spiro atoms. The molecule has 2 aromatic carbocycles. The number of rotatable bonds is 2. The van der Waals surface area contributed by atoms with Gasteiger partial charge in [0.1, 0.15) is 0 Å². The summed E-state index contributed by atoms with van der Waals surface area (Å²) in [6.07, 6.45) is 0. The first-order valence-corrected chi connectivity index (χ1v) is 6.38. The van der Waals surface area contributed by atoms with Crippen molar-refractivity contribution in [3.8, 4) is 0 Å². The van der Waals surface area contributed by atoms with Gasteiger partial charge in [-0.25, -0.2) is 4.79 Å². The summed E-state index contributed by atoms with van der Waals surface area (Å²) in [7, 11) is 1.68. The molecule has 0 saturated heterocycles. The van der Waals surface area contributed by atoms with Crippen LogP contribution in [-0.4, -0.2) is 13.1 Å². The van der Waals surface area contributed by atoms with Crippen molar-refractivity contribution < 1.29 is 4.79 Å². The second-order valence-corrected chi connectivity index (χ2v) is 4.79. The van der Waals surface area contributed by atoms with Crippen molar-refractivity contribution in [3.63, 3.8) is 0 Å².